The van der Waals surface area contributed by atoms with Crippen LogP contribution < -0.4 is 4.52 Å². The maximum absolute atomic E-state index is 14.0. The van der Waals surface area contributed by atoms with Gasteiger partial charge in [0.05, 0.1) is 19.6 Å². The molecule has 0 radical (unpaired) electrons. The van der Waals surface area contributed by atoms with Crippen molar-refractivity contribution in [2.75, 3.05) is 6.61 Å². The minimum absolute atomic E-state index is 0.142. The van der Waals surface area contributed by atoms with Crippen LogP contribution in [-0.4, -0.2) is 63.9 Å². The maximum atomic E-state index is 14.0. The van der Waals surface area contributed by atoms with Crippen LogP contribution in [0.1, 0.15) is 12.0 Å². The van der Waals surface area contributed by atoms with E-state index in [2.05, 4.69) is 0 Å². The molecule has 10 nitrogen and oxygen atoms in total. The van der Waals surface area contributed by atoms with Crippen molar-refractivity contribution in [3.8, 4) is 5.75 Å². The Balaban J connectivity index is 1.55. The standard InChI is InChI=1S/C18H17F3NO9P/c19-10-6-22(13(24)5-11(10)23)16-14(25)15(26)18(30-16,17(20)21)8-29-32(27)28-7-9-3-1-2-4-12(9)31-32/h1-4,6,14-17,25-26H,5,7-8H2/t14-,15+,16-,18-,32?/m1/s1. The zero-order valence-electron chi connectivity index (χ0n) is 16.1. The molecule has 0 spiro atoms. The molecule has 0 aromatic heterocycles. The Kier molecular flexibility index (Phi) is 5.90. The number of rotatable bonds is 5. The fraction of sp³-hybridized carbons (Fsp3) is 0.444. The Bertz CT molecular complexity index is 1020. The first-order valence-corrected chi connectivity index (χ1v) is 10.7. The number of alkyl halides is 2. The van der Waals surface area contributed by atoms with Gasteiger partial charge in [-0.2, -0.15) is 0 Å². The zero-order valence-corrected chi connectivity index (χ0v) is 17.0. The number of nitrogens with zero attached hydrogens (tertiary/aromatic N) is 1. The number of hydrogen-bond acceptors (Lipinski definition) is 9. The minimum Gasteiger partial charge on any atom is -0.404 e. The van der Waals surface area contributed by atoms with Gasteiger partial charge in [-0.15, -0.1) is 0 Å². The highest BCUT2D eigenvalue weighted by atomic mass is 31.2. The topological polar surface area (TPSA) is 132 Å². The summed E-state index contributed by atoms with van der Waals surface area (Å²) >= 11 is 0. The van der Waals surface area contributed by atoms with Crippen molar-refractivity contribution >= 4 is 19.5 Å². The number of halogens is 3. The smallest absolute Gasteiger partial charge is 0.404 e. The summed E-state index contributed by atoms with van der Waals surface area (Å²) in [4.78, 5) is 23.8. The van der Waals surface area contributed by atoms with Crippen LogP contribution in [0.2, 0.25) is 0 Å². The Morgan fingerprint density at radius 3 is 2.72 bits per heavy atom. The molecule has 32 heavy (non-hydrogen) atoms. The lowest BCUT2D eigenvalue weighted by molar-refractivity contribution is -0.201. The van der Waals surface area contributed by atoms with Crippen molar-refractivity contribution in [1.82, 2.24) is 4.90 Å². The number of benzene rings is 1. The summed E-state index contributed by atoms with van der Waals surface area (Å²) in [5.41, 5.74) is -2.44. The quantitative estimate of drug-likeness (QED) is 0.475. The number of ketones is 1. The van der Waals surface area contributed by atoms with Crippen LogP contribution in [0.5, 0.6) is 5.75 Å². The summed E-state index contributed by atoms with van der Waals surface area (Å²) in [6.45, 7) is -1.48. The van der Waals surface area contributed by atoms with Crippen LogP contribution in [0.3, 0.4) is 0 Å². The number of allylic oxidation sites excluding steroid dienone is 1. The van der Waals surface area contributed by atoms with Gasteiger partial charge >= 0.3 is 7.82 Å². The lowest BCUT2D eigenvalue weighted by Gasteiger charge is -2.33. The van der Waals surface area contributed by atoms with Gasteiger partial charge in [-0.3, -0.25) is 23.5 Å². The Morgan fingerprint density at radius 1 is 1.28 bits per heavy atom. The number of ether oxygens (including phenoxy) is 1. The fourth-order valence-electron chi connectivity index (χ4n) is 3.44. The monoisotopic (exact) mass is 479 g/mol. The summed E-state index contributed by atoms with van der Waals surface area (Å²) in [6, 6.07) is 6.33. The van der Waals surface area contributed by atoms with Gasteiger partial charge in [0, 0.05) is 11.8 Å². The number of aliphatic hydroxyl groups excluding tert-OH is 2. The molecule has 1 aromatic carbocycles. The first kappa shape index (κ1) is 22.9. The van der Waals surface area contributed by atoms with Gasteiger partial charge in [-0.05, 0) is 6.07 Å². The normalized spacial score (nSPS) is 35.0. The Hall–Kier alpha value is -2.28. The molecule has 14 heteroatoms. The summed E-state index contributed by atoms with van der Waals surface area (Å²) in [6.07, 6.45) is -10.5. The van der Waals surface area contributed by atoms with E-state index in [0.29, 0.717) is 16.7 Å². The highest BCUT2D eigenvalue weighted by Gasteiger charge is 2.63. The van der Waals surface area contributed by atoms with Crippen molar-refractivity contribution in [3.63, 3.8) is 0 Å². The van der Waals surface area contributed by atoms with Crippen LogP contribution in [0.15, 0.2) is 36.3 Å². The molecule has 2 N–H and O–H groups in total. The van der Waals surface area contributed by atoms with Gasteiger partial charge in [0.15, 0.2) is 17.7 Å². The predicted molar refractivity (Wildman–Crippen MR) is 96.7 cm³/mol. The molecule has 1 fully saturated rings. The average molecular weight is 479 g/mol. The van der Waals surface area contributed by atoms with E-state index in [0.717, 1.165) is 0 Å². The second kappa shape index (κ2) is 8.25. The SMILES string of the molecule is O=C1CC(=O)N([C@@H]2O[C@@](COP3(=O)OCc4ccccc4O3)(C(F)F)[C@@H](O)[C@H]2O)C=C1F. The van der Waals surface area contributed by atoms with Crippen molar-refractivity contribution in [3.05, 3.63) is 41.9 Å². The van der Waals surface area contributed by atoms with E-state index >= 15 is 0 Å². The molecule has 5 atom stereocenters. The van der Waals surface area contributed by atoms with Gasteiger partial charge in [0.25, 0.3) is 6.43 Å². The first-order chi connectivity index (χ1) is 15.1. The van der Waals surface area contributed by atoms with Gasteiger partial charge < -0.3 is 19.5 Å². The number of phosphoric acid groups is 1. The third-order valence-electron chi connectivity index (χ3n) is 5.23. The number of aliphatic hydroxyl groups is 2. The van der Waals surface area contributed by atoms with Crippen LogP contribution >= 0.6 is 7.82 Å². The molecular weight excluding hydrogens is 462 g/mol. The number of hydrogen-bond donors (Lipinski definition) is 2. The molecule has 1 unspecified atom stereocenters. The summed E-state index contributed by atoms with van der Waals surface area (Å²) < 4.78 is 74.7. The lowest BCUT2D eigenvalue weighted by Crippen LogP contribution is -2.52. The molecule has 1 saturated heterocycles. The number of phosphoric ester groups is 1. The van der Waals surface area contributed by atoms with E-state index in [1.54, 1.807) is 18.2 Å². The largest absolute Gasteiger partial charge is 0.530 e. The Morgan fingerprint density at radius 2 is 2.00 bits per heavy atom. The second-order valence-corrected chi connectivity index (χ2v) is 8.86. The van der Waals surface area contributed by atoms with E-state index in [-0.39, 0.29) is 12.4 Å². The molecule has 1 aromatic rings. The molecule has 0 bridgehead atoms. The van der Waals surface area contributed by atoms with E-state index in [1.807, 2.05) is 0 Å². The zero-order chi connectivity index (χ0) is 23.3. The van der Waals surface area contributed by atoms with Gasteiger partial charge in [0.2, 0.25) is 11.7 Å². The molecule has 1 amide bonds. The molecule has 0 saturated carbocycles. The molecule has 3 aliphatic heterocycles. The number of Topliss-reactive ketones (excluding diaryl/α,β-unsaturated/α-hetero) is 1. The predicted octanol–water partition coefficient (Wildman–Crippen LogP) is 1.41. The summed E-state index contributed by atoms with van der Waals surface area (Å²) in [5.74, 6) is -3.38. The van der Waals surface area contributed by atoms with Crippen LogP contribution in [0.25, 0.3) is 0 Å². The van der Waals surface area contributed by atoms with E-state index < -0.39 is 68.8 Å². The maximum Gasteiger partial charge on any atom is 0.530 e. The second-order valence-electron chi connectivity index (χ2n) is 7.27. The molecule has 3 heterocycles. The summed E-state index contributed by atoms with van der Waals surface area (Å²) in [7, 11) is -4.41. The van der Waals surface area contributed by atoms with Crippen LogP contribution in [0.4, 0.5) is 13.2 Å². The van der Waals surface area contributed by atoms with Crippen LogP contribution in [-0.2, 0) is 34.5 Å². The van der Waals surface area contributed by atoms with E-state index in [9.17, 15) is 37.5 Å². The number of fused-ring (bicyclic) bond motifs is 1. The highest BCUT2D eigenvalue weighted by molar-refractivity contribution is 7.49. The third kappa shape index (κ3) is 3.85. The Labute approximate surface area is 178 Å². The number of carbonyl (C=O) groups is 2. The molecule has 3 aliphatic rings. The average Bonchev–Trinajstić information content (AvgIpc) is 3.01. The molecule has 0 aliphatic carbocycles. The van der Waals surface area contributed by atoms with Crippen molar-refractivity contribution in [1.29, 1.82) is 0 Å². The van der Waals surface area contributed by atoms with Gasteiger partial charge in [-0.25, -0.2) is 17.7 Å². The lowest BCUT2D eigenvalue weighted by atomic mass is 9.96. The van der Waals surface area contributed by atoms with Crippen molar-refractivity contribution in [2.24, 2.45) is 0 Å². The molecular formula is C18H17F3NO9P. The van der Waals surface area contributed by atoms with E-state index in [4.69, 9.17) is 18.3 Å². The highest BCUT2D eigenvalue weighted by Crippen LogP contribution is 2.55. The van der Waals surface area contributed by atoms with Gasteiger partial charge in [-0.1, -0.05) is 18.2 Å². The summed E-state index contributed by atoms with van der Waals surface area (Å²) in [5, 5.41) is 20.6. The first-order valence-electron chi connectivity index (χ1n) is 9.27. The molecule has 174 valence electrons. The third-order valence-corrected chi connectivity index (χ3v) is 6.54. The fourth-order valence-corrected chi connectivity index (χ4v) is 4.70. The van der Waals surface area contributed by atoms with E-state index in [1.165, 1.54) is 6.07 Å². The van der Waals surface area contributed by atoms with Crippen LogP contribution in [0, 0.1) is 0 Å². The van der Waals surface area contributed by atoms with Crippen molar-refractivity contribution in [2.45, 2.75) is 43.5 Å². The number of carbonyl (C=O) groups excluding carboxylic acids is 2. The number of para-hydroxylation sites is 1. The van der Waals surface area contributed by atoms with Crippen molar-refractivity contribution < 1.29 is 55.8 Å². The van der Waals surface area contributed by atoms with Gasteiger partial charge in [0.1, 0.15) is 18.0 Å². The number of amides is 1. The minimum atomic E-state index is -4.41. The molecule has 4 rings (SSSR count).